The molecule has 0 bridgehead atoms. The quantitative estimate of drug-likeness (QED) is 0.513. The highest BCUT2D eigenvalue weighted by atomic mass is 19.1. The fraction of sp³-hybridized carbons (Fsp3) is 0.640. The fourth-order valence-electron chi connectivity index (χ4n) is 4.19. The lowest BCUT2D eigenvalue weighted by atomic mass is 9.77. The average Bonchev–Trinajstić information content (AvgIpc) is 3.18. The molecule has 1 aliphatic heterocycles. The molecule has 0 aliphatic carbocycles. The first kappa shape index (κ1) is 25.0. The standard InChI is InChI=1S/C25H36FN3O4/c1-16(17(2)19-9-12-29(13-10-19)24(30)33-25(4,5)6)11-14-31-20-7-8-21(22(26)15-20)23-28-27-18(3)32-23/h7-8,15-17,19H,9-14H2,1-6H3. The van der Waals surface area contributed by atoms with Crippen LogP contribution in [0, 0.1) is 30.5 Å². The van der Waals surface area contributed by atoms with Crippen molar-refractivity contribution in [2.75, 3.05) is 19.7 Å². The number of hydrogen-bond donors (Lipinski definition) is 0. The monoisotopic (exact) mass is 461 g/mol. The summed E-state index contributed by atoms with van der Waals surface area (Å²) in [6.45, 7) is 13.8. The molecule has 182 valence electrons. The lowest BCUT2D eigenvalue weighted by Crippen LogP contribution is -2.43. The summed E-state index contributed by atoms with van der Waals surface area (Å²) >= 11 is 0. The number of hydrogen-bond acceptors (Lipinski definition) is 6. The lowest BCUT2D eigenvalue weighted by molar-refractivity contribution is 0.0147. The first-order valence-electron chi connectivity index (χ1n) is 11.7. The van der Waals surface area contributed by atoms with E-state index in [1.807, 2.05) is 25.7 Å². The Hall–Kier alpha value is -2.64. The first-order valence-corrected chi connectivity index (χ1v) is 11.7. The molecule has 33 heavy (non-hydrogen) atoms. The molecule has 2 unspecified atom stereocenters. The Kier molecular flexibility index (Phi) is 7.97. The van der Waals surface area contributed by atoms with E-state index >= 15 is 0 Å². The Bertz CT molecular complexity index is 932. The number of amides is 1. The van der Waals surface area contributed by atoms with Gasteiger partial charge in [0.05, 0.1) is 12.2 Å². The molecular weight excluding hydrogens is 425 g/mol. The largest absolute Gasteiger partial charge is 0.493 e. The molecule has 1 amide bonds. The van der Waals surface area contributed by atoms with Crippen LogP contribution in [0.4, 0.5) is 9.18 Å². The minimum Gasteiger partial charge on any atom is -0.493 e. The summed E-state index contributed by atoms with van der Waals surface area (Å²) in [5.41, 5.74) is -0.201. The van der Waals surface area contributed by atoms with Crippen LogP contribution in [-0.2, 0) is 4.74 Å². The van der Waals surface area contributed by atoms with Gasteiger partial charge in [-0.15, -0.1) is 10.2 Å². The van der Waals surface area contributed by atoms with Crippen molar-refractivity contribution in [3.63, 3.8) is 0 Å². The maximum absolute atomic E-state index is 14.4. The van der Waals surface area contributed by atoms with Gasteiger partial charge in [0.2, 0.25) is 5.89 Å². The molecule has 0 saturated carbocycles. The number of aromatic nitrogens is 2. The Balaban J connectivity index is 1.43. The highest BCUT2D eigenvalue weighted by molar-refractivity contribution is 5.68. The predicted molar refractivity (Wildman–Crippen MR) is 123 cm³/mol. The van der Waals surface area contributed by atoms with Crippen LogP contribution in [0.5, 0.6) is 5.75 Å². The Morgan fingerprint density at radius 1 is 1.24 bits per heavy atom. The second-order valence-corrected chi connectivity index (χ2v) is 10.0. The number of piperidine rings is 1. The zero-order chi connectivity index (χ0) is 24.2. The van der Waals surface area contributed by atoms with Gasteiger partial charge in [0, 0.05) is 26.1 Å². The van der Waals surface area contributed by atoms with Gasteiger partial charge in [-0.25, -0.2) is 9.18 Å². The normalized spacial score (nSPS) is 17.0. The highest BCUT2D eigenvalue weighted by Crippen LogP contribution is 2.32. The summed E-state index contributed by atoms with van der Waals surface area (Å²) in [6.07, 6.45) is 2.61. The van der Waals surface area contributed by atoms with Gasteiger partial charge in [-0.05, 0) is 69.9 Å². The van der Waals surface area contributed by atoms with E-state index in [0.29, 0.717) is 36.0 Å². The molecule has 7 nitrogen and oxygen atoms in total. The third-order valence-electron chi connectivity index (χ3n) is 6.37. The van der Waals surface area contributed by atoms with Crippen LogP contribution in [0.2, 0.25) is 0 Å². The van der Waals surface area contributed by atoms with Crippen LogP contribution in [0.15, 0.2) is 22.6 Å². The summed E-state index contributed by atoms with van der Waals surface area (Å²) in [5.74, 6) is 2.11. The van der Waals surface area contributed by atoms with Crippen LogP contribution >= 0.6 is 0 Å². The van der Waals surface area contributed by atoms with E-state index < -0.39 is 11.4 Å². The molecule has 0 spiro atoms. The Morgan fingerprint density at radius 3 is 2.52 bits per heavy atom. The van der Waals surface area contributed by atoms with Gasteiger partial charge < -0.3 is 18.8 Å². The summed E-state index contributed by atoms with van der Waals surface area (Å²) < 4.78 is 31.0. The van der Waals surface area contributed by atoms with Crippen molar-refractivity contribution in [3.8, 4) is 17.2 Å². The highest BCUT2D eigenvalue weighted by Gasteiger charge is 2.30. The Labute approximate surface area is 195 Å². The van der Waals surface area contributed by atoms with Crippen LogP contribution in [0.3, 0.4) is 0 Å². The van der Waals surface area contributed by atoms with Crippen molar-refractivity contribution in [3.05, 3.63) is 29.9 Å². The number of ether oxygens (including phenoxy) is 2. The van der Waals surface area contributed by atoms with E-state index in [0.717, 1.165) is 32.4 Å². The van der Waals surface area contributed by atoms with E-state index in [-0.39, 0.29) is 17.5 Å². The van der Waals surface area contributed by atoms with E-state index in [1.165, 1.54) is 6.07 Å². The molecule has 2 atom stereocenters. The number of carbonyl (C=O) groups excluding carboxylic acids is 1. The van der Waals surface area contributed by atoms with Gasteiger partial charge in [-0.3, -0.25) is 0 Å². The van der Waals surface area contributed by atoms with Gasteiger partial charge >= 0.3 is 6.09 Å². The lowest BCUT2D eigenvalue weighted by Gasteiger charge is -2.37. The smallest absolute Gasteiger partial charge is 0.410 e. The third kappa shape index (κ3) is 6.92. The van der Waals surface area contributed by atoms with E-state index in [2.05, 4.69) is 24.0 Å². The summed E-state index contributed by atoms with van der Waals surface area (Å²) in [5, 5.41) is 7.60. The molecule has 2 heterocycles. The van der Waals surface area contributed by atoms with Crippen LogP contribution < -0.4 is 4.74 Å². The molecule has 3 rings (SSSR count). The van der Waals surface area contributed by atoms with Crippen LogP contribution in [0.25, 0.3) is 11.5 Å². The van der Waals surface area contributed by atoms with Crippen molar-refractivity contribution in [2.45, 2.75) is 66.4 Å². The SMILES string of the molecule is Cc1nnc(-c2ccc(OCCC(C)C(C)C3CCN(C(=O)OC(C)(C)C)CC3)cc2F)o1. The summed E-state index contributed by atoms with van der Waals surface area (Å²) in [7, 11) is 0. The van der Waals surface area contributed by atoms with Crippen LogP contribution in [0.1, 0.15) is 59.8 Å². The number of halogens is 1. The van der Waals surface area contributed by atoms with Crippen molar-refractivity contribution in [1.82, 2.24) is 15.1 Å². The van der Waals surface area contributed by atoms with Crippen molar-refractivity contribution >= 4 is 6.09 Å². The number of benzene rings is 1. The van der Waals surface area contributed by atoms with E-state index in [9.17, 15) is 9.18 Å². The molecule has 0 radical (unpaired) electrons. The second kappa shape index (κ2) is 10.5. The van der Waals surface area contributed by atoms with Crippen molar-refractivity contribution in [2.24, 2.45) is 17.8 Å². The van der Waals surface area contributed by atoms with E-state index in [1.54, 1.807) is 19.1 Å². The first-order chi connectivity index (χ1) is 15.5. The molecule has 1 aromatic carbocycles. The molecular formula is C25H36FN3O4. The molecule has 0 N–H and O–H groups in total. The minimum absolute atomic E-state index is 0.164. The minimum atomic E-state index is -0.467. The van der Waals surface area contributed by atoms with Gasteiger partial charge in [0.15, 0.2) is 0 Å². The molecule has 2 aromatic rings. The van der Waals surface area contributed by atoms with Gasteiger partial charge in [0.25, 0.3) is 5.89 Å². The van der Waals surface area contributed by atoms with E-state index in [4.69, 9.17) is 13.9 Å². The van der Waals surface area contributed by atoms with Gasteiger partial charge in [-0.1, -0.05) is 13.8 Å². The zero-order valence-corrected chi connectivity index (χ0v) is 20.6. The zero-order valence-electron chi connectivity index (χ0n) is 20.6. The average molecular weight is 462 g/mol. The second-order valence-electron chi connectivity index (χ2n) is 10.0. The molecule has 1 aliphatic rings. The maximum Gasteiger partial charge on any atom is 0.410 e. The van der Waals surface area contributed by atoms with Crippen molar-refractivity contribution in [1.29, 1.82) is 0 Å². The fourth-order valence-corrected chi connectivity index (χ4v) is 4.19. The summed E-state index contributed by atoms with van der Waals surface area (Å²) in [4.78, 5) is 14.1. The Morgan fingerprint density at radius 2 is 1.94 bits per heavy atom. The molecule has 1 saturated heterocycles. The van der Waals surface area contributed by atoms with Crippen molar-refractivity contribution < 1.29 is 23.1 Å². The predicted octanol–water partition coefficient (Wildman–Crippen LogP) is 5.87. The number of nitrogens with zero attached hydrogens (tertiary/aromatic N) is 3. The summed E-state index contributed by atoms with van der Waals surface area (Å²) in [6, 6.07) is 4.68. The number of carbonyl (C=O) groups is 1. The molecule has 8 heteroatoms. The number of rotatable bonds is 7. The third-order valence-corrected chi connectivity index (χ3v) is 6.37. The molecule has 1 fully saturated rings. The molecule has 1 aromatic heterocycles. The number of aryl methyl sites for hydroxylation is 1. The number of likely N-dealkylation sites (tertiary alicyclic amines) is 1. The van der Waals surface area contributed by atoms with Gasteiger partial charge in [0.1, 0.15) is 17.2 Å². The van der Waals surface area contributed by atoms with Crippen LogP contribution in [-0.4, -0.2) is 46.5 Å². The maximum atomic E-state index is 14.4. The van der Waals surface area contributed by atoms with Gasteiger partial charge in [-0.2, -0.15) is 0 Å². The topological polar surface area (TPSA) is 77.7 Å².